The van der Waals surface area contributed by atoms with Gasteiger partial charge < -0.3 is 20.3 Å². The van der Waals surface area contributed by atoms with Crippen molar-refractivity contribution in [2.75, 3.05) is 25.0 Å². The first-order chi connectivity index (χ1) is 13.2. The summed E-state index contributed by atoms with van der Waals surface area (Å²) in [7, 11) is 0. The average Bonchev–Trinajstić information content (AvgIpc) is 2.70. The predicted molar refractivity (Wildman–Crippen MR) is 105 cm³/mol. The van der Waals surface area contributed by atoms with Crippen LogP contribution in [0, 0.1) is 0 Å². The number of para-hydroxylation sites is 1. The Bertz CT molecular complexity index is 754. The van der Waals surface area contributed by atoms with E-state index in [2.05, 4.69) is 10.6 Å². The first-order valence-corrected chi connectivity index (χ1v) is 9.30. The highest BCUT2D eigenvalue weighted by molar-refractivity contribution is 5.94. The van der Waals surface area contributed by atoms with Crippen LogP contribution in [0.5, 0.6) is 5.75 Å². The van der Waals surface area contributed by atoms with E-state index in [9.17, 15) is 9.59 Å². The SMILES string of the molecule is CCOc1ccc(C(=O)NC2CCN(C(=O)Nc3ccccc3)CC2)cc1. The summed E-state index contributed by atoms with van der Waals surface area (Å²) in [5.41, 5.74) is 1.40. The number of nitrogens with one attached hydrogen (secondary N) is 2. The largest absolute Gasteiger partial charge is 0.494 e. The molecular weight excluding hydrogens is 342 g/mol. The van der Waals surface area contributed by atoms with Crippen LogP contribution in [0.3, 0.4) is 0 Å². The number of ether oxygens (including phenoxy) is 1. The second-order valence-electron chi connectivity index (χ2n) is 6.49. The van der Waals surface area contributed by atoms with Gasteiger partial charge in [-0.05, 0) is 56.2 Å². The van der Waals surface area contributed by atoms with E-state index >= 15 is 0 Å². The quantitative estimate of drug-likeness (QED) is 0.850. The summed E-state index contributed by atoms with van der Waals surface area (Å²) < 4.78 is 5.39. The highest BCUT2D eigenvalue weighted by Crippen LogP contribution is 2.15. The van der Waals surface area contributed by atoms with Crippen LogP contribution in [0.2, 0.25) is 0 Å². The number of amides is 3. The van der Waals surface area contributed by atoms with Gasteiger partial charge in [0.25, 0.3) is 5.91 Å². The summed E-state index contributed by atoms with van der Waals surface area (Å²) in [6.45, 7) is 3.76. The first kappa shape index (κ1) is 18.8. The molecule has 3 rings (SSSR count). The summed E-state index contributed by atoms with van der Waals surface area (Å²) in [4.78, 5) is 26.5. The maximum Gasteiger partial charge on any atom is 0.321 e. The van der Waals surface area contributed by atoms with Crippen LogP contribution in [0.15, 0.2) is 54.6 Å². The van der Waals surface area contributed by atoms with Crippen molar-refractivity contribution in [1.29, 1.82) is 0 Å². The molecule has 0 bridgehead atoms. The number of hydrogen-bond acceptors (Lipinski definition) is 3. The van der Waals surface area contributed by atoms with E-state index in [-0.39, 0.29) is 18.0 Å². The predicted octanol–water partition coefficient (Wildman–Crippen LogP) is 3.51. The average molecular weight is 367 g/mol. The monoisotopic (exact) mass is 367 g/mol. The highest BCUT2D eigenvalue weighted by Gasteiger charge is 2.24. The van der Waals surface area contributed by atoms with Crippen molar-refractivity contribution in [3.8, 4) is 5.75 Å². The molecular formula is C21H25N3O3. The summed E-state index contributed by atoms with van der Waals surface area (Å²) in [5.74, 6) is 0.664. The van der Waals surface area contributed by atoms with Crippen LogP contribution in [0.25, 0.3) is 0 Å². The molecule has 0 saturated carbocycles. The third kappa shape index (κ3) is 5.23. The maximum atomic E-state index is 12.4. The Morgan fingerprint density at radius 2 is 1.70 bits per heavy atom. The molecule has 27 heavy (non-hydrogen) atoms. The molecule has 3 amide bonds. The first-order valence-electron chi connectivity index (χ1n) is 9.30. The Hall–Kier alpha value is -3.02. The number of piperidine rings is 1. The lowest BCUT2D eigenvalue weighted by Gasteiger charge is -2.32. The van der Waals surface area contributed by atoms with E-state index in [0.29, 0.717) is 25.3 Å². The zero-order valence-electron chi connectivity index (χ0n) is 15.5. The fourth-order valence-corrected chi connectivity index (χ4v) is 3.09. The zero-order chi connectivity index (χ0) is 19.1. The molecule has 0 unspecified atom stereocenters. The molecule has 6 nitrogen and oxygen atoms in total. The number of urea groups is 1. The Morgan fingerprint density at radius 3 is 2.33 bits per heavy atom. The third-order valence-electron chi connectivity index (χ3n) is 4.57. The van der Waals surface area contributed by atoms with Gasteiger partial charge in [-0.2, -0.15) is 0 Å². The van der Waals surface area contributed by atoms with Crippen LogP contribution >= 0.6 is 0 Å². The molecule has 2 aromatic rings. The van der Waals surface area contributed by atoms with E-state index in [1.807, 2.05) is 37.3 Å². The topological polar surface area (TPSA) is 70.7 Å². The summed E-state index contributed by atoms with van der Waals surface area (Å²) in [6.07, 6.45) is 1.48. The van der Waals surface area contributed by atoms with Crippen molar-refractivity contribution in [3.05, 3.63) is 60.2 Å². The second kappa shape index (κ2) is 9.07. The van der Waals surface area contributed by atoms with Crippen LogP contribution in [0.1, 0.15) is 30.1 Å². The normalized spacial score (nSPS) is 14.5. The van der Waals surface area contributed by atoms with E-state index in [4.69, 9.17) is 4.74 Å². The molecule has 6 heteroatoms. The van der Waals surface area contributed by atoms with E-state index in [1.54, 1.807) is 29.2 Å². The molecule has 0 radical (unpaired) electrons. The van der Waals surface area contributed by atoms with Crippen LogP contribution in [-0.4, -0.2) is 42.6 Å². The fraction of sp³-hybridized carbons (Fsp3) is 0.333. The minimum atomic E-state index is -0.0995. The molecule has 1 aliphatic rings. The summed E-state index contributed by atoms with van der Waals surface area (Å²) in [6, 6.07) is 16.5. The lowest BCUT2D eigenvalue weighted by atomic mass is 10.0. The Labute approximate surface area is 159 Å². The Kier molecular flexibility index (Phi) is 6.30. The lowest BCUT2D eigenvalue weighted by molar-refractivity contribution is 0.0919. The molecule has 0 aromatic heterocycles. The van der Waals surface area contributed by atoms with Gasteiger partial charge in [0.15, 0.2) is 0 Å². The van der Waals surface area contributed by atoms with Crippen molar-refractivity contribution in [1.82, 2.24) is 10.2 Å². The highest BCUT2D eigenvalue weighted by atomic mass is 16.5. The standard InChI is InChI=1S/C21H25N3O3/c1-2-27-19-10-8-16(9-11-19)20(25)22-18-12-14-24(15-13-18)21(26)23-17-6-4-3-5-7-17/h3-11,18H,2,12-15H2,1H3,(H,22,25)(H,23,26). The van der Waals surface area contributed by atoms with Gasteiger partial charge in [0.2, 0.25) is 0 Å². The number of likely N-dealkylation sites (tertiary alicyclic amines) is 1. The number of nitrogens with zero attached hydrogens (tertiary/aromatic N) is 1. The number of anilines is 1. The molecule has 0 spiro atoms. The number of carbonyl (C=O) groups excluding carboxylic acids is 2. The molecule has 0 atom stereocenters. The lowest BCUT2D eigenvalue weighted by Crippen LogP contribution is -2.47. The van der Waals surface area contributed by atoms with Gasteiger partial charge in [-0.3, -0.25) is 4.79 Å². The third-order valence-corrected chi connectivity index (χ3v) is 4.57. The maximum absolute atomic E-state index is 12.4. The fourth-order valence-electron chi connectivity index (χ4n) is 3.09. The minimum absolute atomic E-state index is 0.0739. The molecule has 1 heterocycles. The minimum Gasteiger partial charge on any atom is -0.494 e. The summed E-state index contributed by atoms with van der Waals surface area (Å²) in [5, 5.41) is 5.95. The molecule has 1 fully saturated rings. The van der Waals surface area contributed by atoms with Crippen molar-refractivity contribution in [2.45, 2.75) is 25.8 Å². The molecule has 142 valence electrons. The van der Waals surface area contributed by atoms with Gasteiger partial charge in [-0.1, -0.05) is 18.2 Å². The van der Waals surface area contributed by atoms with Gasteiger partial charge >= 0.3 is 6.03 Å². The van der Waals surface area contributed by atoms with Crippen molar-refractivity contribution in [3.63, 3.8) is 0 Å². The number of hydrogen-bond donors (Lipinski definition) is 2. The van der Waals surface area contributed by atoms with Crippen LogP contribution in [-0.2, 0) is 0 Å². The van der Waals surface area contributed by atoms with Crippen molar-refractivity contribution < 1.29 is 14.3 Å². The number of carbonyl (C=O) groups is 2. The van der Waals surface area contributed by atoms with Crippen LogP contribution < -0.4 is 15.4 Å². The van der Waals surface area contributed by atoms with E-state index in [1.165, 1.54) is 0 Å². The van der Waals surface area contributed by atoms with Gasteiger partial charge in [0.1, 0.15) is 5.75 Å². The molecule has 2 aromatic carbocycles. The summed E-state index contributed by atoms with van der Waals surface area (Å²) >= 11 is 0. The number of benzene rings is 2. The van der Waals surface area contributed by atoms with Gasteiger partial charge in [0, 0.05) is 30.4 Å². The Balaban J connectivity index is 1.46. The van der Waals surface area contributed by atoms with Gasteiger partial charge in [-0.25, -0.2) is 4.79 Å². The molecule has 1 aliphatic heterocycles. The van der Waals surface area contributed by atoms with Crippen molar-refractivity contribution in [2.24, 2.45) is 0 Å². The van der Waals surface area contributed by atoms with Gasteiger partial charge in [0.05, 0.1) is 6.61 Å². The second-order valence-corrected chi connectivity index (χ2v) is 6.49. The van der Waals surface area contributed by atoms with Crippen molar-refractivity contribution >= 4 is 17.6 Å². The molecule has 2 N–H and O–H groups in total. The van der Waals surface area contributed by atoms with Gasteiger partial charge in [-0.15, -0.1) is 0 Å². The zero-order valence-corrected chi connectivity index (χ0v) is 15.5. The Morgan fingerprint density at radius 1 is 1.04 bits per heavy atom. The van der Waals surface area contributed by atoms with E-state index in [0.717, 1.165) is 24.3 Å². The molecule has 0 aliphatic carbocycles. The van der Waals surface area contributed by atoms with E-state index < -0.39 is 0 Å². The van der Waals surface area contributed by atoms with Crippen LogP contribution in [0.4, 0.5) is 10.5 Å². The smallest absolute Gasteiger partial charge is 0.321 e. The number of rotatable bonds is 5. The molecule has 1 saturated heterocycles.